The molecule has 212 valence electrons. The number of nitrogens with zero attached hydrogens (tertiary/aromatic N) is 4. The van der Waals surface area contributed by atoms with Gasteiger partial charge in [0.05, 0.1) is 25.1 Å². The van der Waals surface area contributed by atoms with Crippen molar-refractivity contribution in [3.8, 4) is 0 Å². The molecule has 9 nitrogen and oxygen atoms in total. The molecule has 1 aromatic carbocycles. The van der Waals surface area contributed by atoms with Crippen LogP contribution in [0, 0.1) is 5.92 Å². The zero-order valence-electron chi connectivity index (χ0n) is 23.1. The number of morpholine rings is 1. The van der Waals surface area contributed by atoms with Crippen molar-refractivity contribution in [1.82, 2.24) is 20.1 Å². The van der Waals surface area contributed by atoms with E-state index in [1.165, 1.54) is 45.0 Å². The van der Waals surface area contributed by atoms with E-state index in [2.05, 4.69) is 32.4 Å². The summed E-state index contributed by atoms with van der Waals surface area (Å²) in [5.41, 5.74) is 9.05. The van der Waals surface area contributed by atoms with Crippen molar-refractivity contribution in [2.75, 3.05) is 31.6 Å². The number of hydrogen-bond donors (Lipinski definition) is 3. The molecular weight excluding hydrogens is 526 g/mol. The molecule has 3 aliphatic heterocycles. The van der Waals surface area contributed by atoms with Gasteiger partial charge < -0.3 is 26.0 Å². The summed E-state index contributed by atoms with van der Waals surface area (Å²) >= 11 is 6.27. The number of halogens is 1. The Balaban J connectivity index is 0.000000207. The van der Waals surface area contributed by atoms with Crippen LogP contribution in [0.2, 0.25) is 0 Å². The number of aliphatic imine (C=N–C) groups is 1. The van der Waals surface area contributed by atoms with Crippen LogP contribution >= 0.6 is 11.6 Å². The summed E-state index contributed by atoms with van der Waals surface area (Å²) in [4.78, 5) is 25.1. The number of pyridine rings is 1. The Morgan fingerprint density at radius 1 is 1.07 bits per heavy atom. The average molecular weight is 564 g/mol. The van der Waals surface area contributed by atoms with Crippen LogP contribution in [0.3, 0.4) is 0 Å². The Kier molecular flexibility index (Phi) is 9.04. The van der Waals surface area contributed by atoms with Gasteiger partial charge in [0.25, 0.3) is 5.91 Å². The fourth-order valence-corrected chi connectivity index (χ4v) is 5.91. The maximum Gasteiger partial charge on any atom is 0.256 e. The Hall–Kier alpha value is -3.40. The van der Waals surface area contributed by atoms with E-state index in [1.54, 1.807) is 30.5 Å². The number of carbonyl (C=O) groups excluding carboxylic acids is 1. The molecule has 1 saturated heterocycles. The van der Waals surface area contributed by atoms with Crippen molar-refractivity contribution in [3.05, 3.63) is 76.8 Å². The number of carbonyl (C=O) groups is 1. The van der Waals surface area contributed by atoms with Gasteiger partial charge in [-0.05, 0) is 68.4 Å². The zero-order valence-corrected chi connectivity index (χ0v) is 23.9. The van der Waals surface area contributed by atoms with Crippen molar-refractivity contribution in [3.63, 3.8) is 0 Å². The zero-order chi connectivity index (χ0) is 28.1. The lowest BCUT2D eigenvalue weighted by atomic mass is 9.86. The number of fused-ring (bicyclic) bond motifs is 1. The van der Waals surface area contributed by atoms with Crippen LogP contribution in [-0.4, -0.2) is 65.0 Å². The second kappa shape index (κ2) is 12.8. The monoisotopic (exact) mass is 563 g/mol. The quantitative estimate of drug-likeness (QED) is 0.468. The van der Waals surface area contributed by atoms with E-state index in [0.29, 0.717) is 22.4 Å². The Morgan fingerprint density at radius 2 is 1.80 bits per heavy atom. The second-order valence-electron chi connectivity index (χ2n) is 10.7. The van der Waals surface area contributed by atoms with Crippen molar-refractivity contribution in [1.29, 1.82) is 0 Å². The molecule has 2 aromatic rings. The highest BCUT2D eigenvalue weighted by atomic mass is 35.5. The molecule has 1 aliphatic carbocycles. The van der Waals surface area contributed by atoms with Gasteiger partial charge >= 0.3 is 0 Å². The van der Waals surface area contributed by atoms with Crippen LogP contribution in [0.4, 0.5) is 5.82 Å². The largest absolute Gasteiger partial charge is 0.382 e. The molecule has 1 amide bonds. The number of benzene rings is 1. The van der Waals surface area contributed by atoms with E-state index in [-0.39, 0.29) is 12.1 Å². The molecule has 6 rings (SSSR count). The lowest BCUT2D eigenvalue weighted by molar-refractivity contribution is 0.00559. The Labute approximate surface area is 241 Å². The maximum absolute atomic E-state index is 12.4. The fraction of sp³-hybridized carbons (Fsp3) is 0.433. The molecule has 4 N–H and O–H groups in total. The van der Waals surface area contributed by atoms with Gasteiger partial charge in [-0.25, -0.2) is 9.98 Å². The molecule has 1 atom stereocenters. The minimum atomic E-state index is -0.225. The molecule has 40 heavy (non-hydrogen) atoms. The maximum atomic E-state index is 12.4. The summed E-state index contributed by atoms with van der Waals surface area (Å²) in [6, 6.07) is 13.4. The van der Waals surface area contributed by atoms with E-state index in [1.807, 2.05) is 30.0 Å². The van der Waals surface area contributed by atoms with E-state index < -0.39 is 0 Å². The van der Waals surface area contributed by atoms with Crippen LogP contribution in [0.1, 0.15) is 55.5 Å². The molecule has 4 aliphatic rings. The van der Waals surface area contributed by atoms with Gasteiger partial charge in [0, 0.05) is 30.9 Å². The summed E-state index contributed by atoms with van der Waals surface area (Å²) in [6.45, 7) is 8.60. The van der Waals surface area contributed by atoms with Crippen molar-refractivity contribution in [2.45, 2.75) is 51.7 Å². The Morgan fingerprint density at radius 3 is 2.48 bits per heavy atom. The molecule has 4 heterocycles. The van der Waals surface area contributed by atoms with E-state index >= 15 is 0 Å². The number of aromatic nitrogens is 1. The lowest BCUT2D eigenvalue weighted by Gasteiger charge is -2.38. The molecule has 1 saturated carbocycles. The topological polar surface area (TPSA) is 108 Å². The predicted octanol–water partition coefficient (Wildman–Crippen LogP) is 4.56. The molecule has 0 bridgehead atoms. The summed E-state index contributed by atoms with van der Waals surface area (Å²) in [6.07, 6.45) is 8.81. The third-order valence-corrected chi connectivity index (χ3v) is 8.17. The molecule has 2 fully saturated rings. The number of hydrogen-bond acceptors (Lipinski definition) is 8. The number of amides is 1. The highest BCUT2D eigenvalue weighted by Gasteiger charge is 2.35. The van der Waals surface area contributed by atoms with Crippen LogP contribution in [-0.2, 0) is 4.74 Å². The summed E-state index contributed by atoms with van der Waals surface area (Å²) in [5, 5.41) is 6.63. The van der Waals surface area contributed by atoms with Gasteiger partial charge in [-0.1, -0.05) is 36.7 Å². The third kappa shape index (κ3) is 6.49. The van der Waals surface area contributed by atoms with Crippen molar-refractivity contribution >= 4 is 34.9 Å². The van der Waals surface area contributed by atoms with Crippen LogP contribution in [0.5, 0.6) is 0 Å². The third-order valence-electron chi connectivity index (χ3n) is 7.89. The summed E-state index contributed by atoms with van der Waals surface area (Å²) in [5.74, 6) is 1.64. The molecule has 0 radical (unpaired) electrons. The summed E-state index contributed by atoms with van der Waals surface area (Å²) in [7, 11) is 0. The highest BCUT2D eigenvalue weighted by molar-refractivity contribution is 6.30. The van der Waals surface area contributed by atoms with E-state index in [9.17, 15) is 4.79 Å². The van der Waals surface area contributed by atoms with Gasteiger partial charge in [0.2, 0.25) is 0 Å². The van der Waals surface area contributed by atoms with Gasteiger partial charge in [-0.15, -0.1) is 0 Å². The number of rotatable bonds is 4. The van der Waals surface area contributed by atoms with Gasteiger partial charge in [0.1, 0.15) is 28.7 Å². The smallest absolute Gasteiger partial charge is 0.256 e. The minimum Gasteiger partial charge on any atom is -0.382 e. The van der Waals surface area contributed by atoms with E-state index in [4.69, 9.17) is 22.1 Å². The molecule has 1 aromatic heterocycles. The average Bonchev–Trinajstić information content (AvgIpc) is 3.35. The van der Waals surface area contributed by atoms with Gasteiger partial charge in [0.15, 0.2) is 0 Å². The Bertz CT molecular complexity index is 1260. The van der Waals surface area contributed by atoms with Crippen LogP contribution < -0.4 is 16.4 Å². The standard InChI is InChI=1S/C19H17ClN6O.C11H21NO/c1-11-24-16(17-18(21)23-10-14(20)26(11)17)12-5-7-13(8-6-12)19(27)25-15-4-2-3-9-22-15;1-10-2-4-11(5-3-10)12-6-8-13-9-7-12/h2-11,24H,1H3,(H2,21,23)(H,22,25,27);10-11H,2-9H2,1H3/t11-;/m1./s1. The predicted molar refractivity (Wildman–Crippen MR) is 159 cm³/mol. The molecule has 0 spiro atoms. The van der Waals surface area contributed by atoms with Crippen molar-refractivity contribution in [2.24, 2.45) is 16.6 Å². The molecule has 10 heteroatoms. The summed E-state index contributed by atoms with van der Waals surface area (Å²) < 4.78 is 5.37. The first-order valence-electron chi connectivity index (χ1n) is 14.0. The number of nitrogens with one attached hydrogen (secondary N) is 2. The normalized spacial score (nSPS) is 24.7. The number of amidine groups is 1. The fourth-order valence-electron chi connectivity index (χ4n) is 5.63. The molecular formula is C30H38ClN7O2. The number of anilines is 1. The number of nitrogens with two attached hydrogens (primary N) is 1. The first-order valence-corrected chi connectivity index (χ1v) is 14.4. The highest BCUT2D eigenvalue weighted by Crippen LogP contribution is 2.34. The lowest BCUT2D eigenvalue weighted by Crippen LogP contribution is -2.44. The van der Waals surface area contributed by atoms with E-state index in [0.717, 1.165) is 42.1 Å². The van der Waals surface area contributed by atoms with Crippen molar-refractivity contribution < 1.29 is 9.53 Å². The second-order valence-corrected chi connectivity index (χ2v) is 11.1. The SMILES string of the molecule is CC1CCC(N2CCOCC2)CC1.C[C@@H]1NC(c2ccc(C(=O)Nc3ccccn3)cc2)=C2C(N)=NC=C(Cl)N21. The van der Waals surface area contributed by atoms with Crippen LogP contribution in [0.15, 0.2) is 70.7 Å². The number of ether oxygens (including phenoxy) is 1. The van der Waals surface area contributed by atoms with Crippen LogP contribution in [0.25, 0.3) is 5.70 Å². The molecule has 0 unspecified atom stereocenters. The first kappa shape index (κ1) is 28.1. The van der Waals surface area contributed by atoms with Gasteiger partial charge in [-0.3, -0.25) is 9.69 Å². The minimum absolute atomic E-state index is 0.0556. The first-order chi connectivity index (χ1) is 19.4. The van der Waals surface area contributed by atoms with Gasteiger partial charge in [-0.2, -0.15) is 0 Å².